The highest BCUT2D eigenvalue weighted by atomic mass is 32.2. The third kappa shape index (κ3) is 2.05. The largest absolute Gasteiger partial charge is 0.480 e. The number of carboxylic acid groups (broad SMARTS) is 1. The fourth-order valence-corrected chi connectivity index (χ4v) is 3.55. The van der Waals surface area contributed by atoms with Crippen LogP contribution in [0.15, 0.2) is 11.2 Å². The lowest BCUT2D eigenvalue weighted by Crippen LogP contribution is -2.40. The van der Waals surface area contributed by atoms with Crippen LogP contribution in [-0.2, 0) is 14.8 Å². The number of nitrogens with one attached hydrogen (secondary N) is 1. The SMILES string of the molecule is Cc1ncc(S(=O)(=O)N2CCCC2C(=O)O)[nH]1. The van der Waals surface area contributed by atoms with Crippen molar-refractivity contribution in [2.45, 2.75) is 30.8 Å². The summed E-state index contributed by atoms with van der Waals surface area (Å²) in [5, 5.41) is 8.91. The second kappa shape index (κ2) is 4.11. The highest BCUT2D eigenvalue weighted by molar-refractivity contribution is 7.89. The van der Waals surface area contributed by atoms with E-state index >= 15 is 0 Å². The molecule has 1 aromatic rings. The molecule has 1 aliphatic rings. The Kier molecular flexibility index (Phi) is 2.92. The summed E-state index contributed by atoms with van der Waals surface area (Å²) < 4.78 is 25.3. The topological polar surface area (TPSA) is 103 Å². The maximum atomic E-state index is 12.2. The molecule has 8 heteroatoms. The first kappa shape index (κ1) is 12.1. The number of carbonyl (C=O) groups is 1. The van der Waals surface area contributed by atoms with Crippen molar-refractivity contribution in [1.82, 2.24) is 14.3 Å². The van der Waals surface area contributed by atoms with Gasteiger partial charge in [0.1, 0.15) is 11.9 Å². The van der Waals surface area contributed by atoms with Gasteiger partial charge >= 0.3 is 5.97 Å². The van der Waals surface area contributed by atoms with Crippen LogP contribution in [0.2, 0.25) is 0 Å². The monoisotopic (exact) mass is 259 g/mol. The van der Waals surface area contributed by atoms with E-state index in [9.17, 15) is 13.2 Å². The second-order valence-electron chi connectivity index (χ2n) is 3.94. The number of nitrogens with zero attached hydrogens (tertiary/aromatic N) is 2. The van der Waals surface area contributed by atoms with E-state index in [4.69, 9.17) is 5.11 Å². The molecule has 1 unspecified atom stereocenters. The van der Waals surface area contributed by atoms with E-state index in [1.165, 1.54) is 6.20 Å². The lowest BCUT2D eigenvalue weighted by molar-refractivity contribution is -0.140. The normalized spacial score (nSPS) is 21.8. The Labute approximate surface area is 98.5 Å². The molecular weight excluding hydrogens is 246 g/mol. The highest BCUT2D eigenvalue weighted by Crippen LogP contribution is 2.25. The van der Waals surface area contributed by atoms with Crippen LogP contribution in [0, 0.1) is 6.92 Å². The van der Waals surface area contributed by atoms with E-state index in [0.29, 0.717) is 18.7 Å². The van der Waals surface area contributed by atoms with Gasteiger partial charge in [-0.15, -0.1) is 0 Å². The van der Waals surface area contributed by atoms with Crippen molar-refractivity contribution >= 4 is 16.0 Å². The molecule has 1 atom stereocenters. The molecule has 2 N–H and O–H groups in total. The number of aryl methyl sites for hydroxylation is 1. The molecule has 1 aromatic heterocycles. The molecule has 1 fully saturated rings. The molecule has 0 aliphatic carbocycles. The number of hydrogen-bond acceptors (Lipinski definition) is 4. The Hall–Kier alpha value is -1.41. The van der Waals surface area contributed by atoms with Gasteiger partial charge in [-0.2, -0.15) is 4.31 Å². The number of carboxylic acids is 1. The first-order valence-electron chi connectivity index (χ1n) is 5.19. The van der Waals surface area contributed by atoms with Crippen LogP contribution in [0.4, 0.5) is 0 Å². The van der Waals surface area contributed by atoms with Gasteiger partial charge in [0.15, 0.2) is 5.03 Å². The number of imidazole rings is 1. The quantitative estimate of drug-likeness (QED) is 0.792. The standard InChI is InChI=1S/C9H13N3O4S/c1-6-10-5-8(11-6)17(15,16)12-4-2-3-7(12)9(13)14/h5,7H,2-4H2,1H3,(H,10,11)(H,13,14). The highest BCUT2D eigenvalue weighted by Gasteiger charge is 2.40. The summed E-state index contributed by atoms with van der Waals surface area (Å²) >= 11 is 0. The van der Waals surface area contributed by atoms with E-state index in [-0.39, 0.29) is 11.6 Å². The van der Waals surface area contributed by atoms with E-state index < -0.39 is 22.0 Å². The summed E-state index contributed by atoms with van der Waals surface area (Å²) in [6.45, 7) is 1.87. The minimum absolute atomic E-state index is 0.0526. The van der Waals surface area contributed by atoms with Gasteiger partial charge < -0.3 is 10.1 Å². The number of hydrogen-bond donors (Lipinski definition) is 2. The van der Waals surface area contributed by atoms with Crippen molar-refractivity contribution in [3.8, 4) is 0 Å². The molecular formula is C9H13N3O4S. The fraction of sp³-hybridized carbons (Fsp3) is 0.556. The Balaban J connectivity index is 2.36. The minimum Gasteiger partial charge on any atom is -0.480 e. The first-order valence-corrected chi connectivity index (χ1v) is 6.63. The summed E-state index contributed by atoms with van der Waals surface area (Å²) in [7, 11) is -3.78. The van der Waals surface area contributed by atoms with Crippen molar-refractivity contribution in [1.29, 1.82) is 0 Å². The van der Waals surface area contributed by atoms with Crippen molar-refractivity contribution in [3.63, 3.8) is 0 Å². The van der Waals surface area contributed by atoms with E-state index in [2.05, 4.69) is 9.97 Å². The molecule has 1 saturated heterocycles. The van der Waals surface area contributed by atoms with Gasteiger partial charge in [0, 0.05) is 6.54 Å². The van der Waals surface area contributed by atoms with Gasteiger partial charge in [-0.25, -0.2) is 13.4 Å². The molecule has 2 rings (SSSR count). The molecule has 7 nitrogen and oxygen atoms in total. The third-order valence-electron chi connectivity index (χ3n) is 2.75. The number of H-pyrrole nitrogens is 1. The van der Waals surface area contributed by atoms with Gasteiger partial charge in [0.05, 0.1) is 6.20 Å². The summed E-state index contributed by atoms with van der Waals surface area (Å²) in [6.07, 6.45) is 2.12. The van der Waals surface area contributed by atoms with Crippen LogP contribution in [0.1, 0.15) is 18.7 Å². The van der Waals surface area contributed by atoms with Gasteiger partial charge in [0.25, 0.3) is 10.0 Å². The van der Waals surface area contributed by atoms with Crippen LogP contribution >= 0.6 is 0 Å². The predicted molar refractivity (Wildman–Crippen MR) is 57.9 cm³/mol. The molecule has 1 aliphatic heterocycles. The van der Waals surface area contributed by atoms with Crippen LogP contribution < -0.4 is 0 Å². The molecule has 0 amide bonds. The molecule has 0 spiro atoms. The summed E-state index contributed by atoms with van der Waals surface area (Å²) in [6, 6.07) is -0.969. The Morgan fingerprint density at radius 2 is 2.35 bits per heavy atom. The second-order valence-corrected chi connectivity index (χ2v) is 5.80. The smallest absolute Gasteiger partial charge is 0.322 e. The fourth-order valence-electron chi connectivity index (χ4n) is 1.93. The zero-order valence-corrected chi connectivity index (χ0v) is 10.1. The summed E-state index contributed by atoms with van der Waals surface area (Å²) in [5.41, 5.74) is 0. The van der Waals surface area contributed by atoms with Crippen LogP contribution in [0.25, 0.3) is 0 Å². The third-order valence-corrected chi connectivity index (χ3v) is 4.57. The summed E-state index contributed by atoms with van der Waals surface area (Å²) in [4.78, 5) is 17.4. The molecule has 2 heterocycles. The van der Waals surface area contributed by atoms with E-state index in [0.717, 1.165) is 4.31 Å². The average molecular weight is 259 g/mol. The molecule has 0 bridgehead atoms. The maximum absolute atomic E-state index is 12.2. The van der Waals surface area contributed by atoms with Crippen LogP contribution in [0.3, 0.4) is 0 Å². The Bertz CT molecular complexity index is 536. The Morgan fingerprint density at radius 3 is 2.88 bits per heavy atom. The van der Waals surface area contributed by atoms with Crippen LogP contribution in [-0.4, -0.2) is 46.4 Å². The van der Waals surface area contributed by atoms with Gasteiger partial charge in [-0.1, -0.05) is 0 Å². The van der Waals surface area contributed by atoms with E-state index in [1.54, 1.807) is 6.92 Å². The molecule has 0 aromatic carbocycles. The number of sulfonamides is 1. The lowest BCUT2D eigenvalue weighted by atomic mass is 10.2. The van der Waals surface area contributed by atoms with E-state index in [1.807, 2.05) is 0 Å². The number of aromatic nitrogens is 2. The number of aliphatic carboxylic acids is 1. The van der Waals surface area contributed by atoms with Gasteiger partial charge in [0.2, 0.25) is 0 Å². The van der Waals surface area contributed by atoms with Crippen molar-refractivity contribution in [2.24, 2.45) is 0 Å². The van der Waals surface area contributed by atoms with Crippen molar-refractivity contribution < 1.29 is 18.3 Å². The molecule has 0 saturated carbocycles. The van der Waals surface area contributed by atoms with Crippen molar-refractivity contribution in [3.05, 3.63) is 12.0 Å². The zero-order chi connectivity index (χ0) is 12.6. The van der Waals surface area contributed by atoms with Gasteiger partial charge in [-0.3, -0.25) is 4.79 Å². The van der Waals surface area contributed by atoms with Crippen molar-refractivity contribution in [2.75, 3.05) is 6.54 Å². The summed E-state index contributed by atoms with van der Waals surface area (Å²) in [5.74, 6) is -0.628. The average Bonchev–Trinajstić information content (AvgIpc) is 2.84. The van der Waals surface area contributed by atoms with Crippen LogP contribution in [0.5, 0.6) is 0 Å². The zero-order valence-electron chi connectivity index (χ0n) is 9.25. The number of rotatable bonds is 3. The molecule has 17 heavy (non-hydrogen) atoms. The minimum atomic E-state index is -3.78. The molecule has 0 radical (unpaired) electrons. The molecule has 94 valence electrons. The Morgan fingerprint density at radius 1 is 1.65 bits per heavy atom. The maximum Gasteiger partial charge on any atom is 0.322 e. The van der Waals surface area contributed by atoms with Gasteiger partial charge in [-0.05, 0) is 19.8 Å². The first-order chi connectivity index (χ1) is 7.93. The lowest BCUT2D eigenvalue weighted by Gasteiger charge is -2.19. The number of aromatic amines is 1. The predicted octanol–water partition coefficient (Wildman–Crippen LogP) is -0.0442.